The van der Waals surface area contributed by atoms with Gasteiger partial charge in [-0.05, 0) is 149 Å². The summed E-state index contributed by atoms with van der Waals surface area (Å²) in [6.45, 7) is 33.1. The van der Waals surface area contributed by atoms with Crippen LogP contribution in [0.3, 0.4) is 0 Å². The molecule has 0 amide bonds. The van der Waals surface area contributed by atoms with Crippen LogP contribution < -0.4 is 26.2 Å². The molecule has 0 aromatic heterocycles. The second kappa shape index (κ2) is 15.1. The number of fused-ring (bicyclic) bond motifs is 5. The first-order chi connectivity index (χ1) is 31.0. The standard InChI is InChI=1S/C63H69BN2/c1-59(2,3)44-25-28-48(29-26-44)65-53-30-27-45(60(4,5)6)35-52(53)64-51-31-42-38-63(13,14)39-43(42)32-54(51)66(56-37-47(62(10,11)12)36-55(65)57(56)64)58-49(40-21-17-15-18-22-40)33-46(61(7,8)9)34-50(58)41-23-19-16-20-24-41/h15-37H,38-39H2,1-14H3. The van der Waals surface area contributed by atoms with Crippen LogP contribution in [0.5, 0.6) is 0 Å². The molecule has 2 heterocycles. The highest BCUT2D eigenvalue weighted by molar-refractivity contribution is 7.00. The molecule has 0 N–H and O–H groups in total. The molecule has 10 rings (SSSR count). The number of rotatable bonds is 4. The van der Waals surface area contributed by atoms with E-state index in [0.717, 1.165) is 12.8 Å². The Balaban J connectivity index is 1.40. The van der Waals surface area contributed by atoms with Crippen molar-refractivity contribution in [2.45, 2.75) is 131 Å². The summed E-state index contributed by atoms with van der Waals surface area (Å²) < 4.78 is 0. The highest BCUT2D eigenvalue weighted by Gasteiger charge is 2.46. The van der Waals surface area contributed by atoms with Crippen LogP contribution >= 0.6 is 0 Å². The van der Waals surface area contributed by atoms with Gasteiger partial charge in [0.25, 0.3) is 6.71 Å². The van der Waals surface area contributed by atoms with Crippen molar-refractivity contribution in [2.24, 2.45) is 5.41 Å². The third kappa shape index (κ3) is 7.51. The molecule has 3 heteroatoms. The van der Waals surface area contributed by atoms with E-state index in [1.807, 2.05) is 0 Å². The lowest BCUT2D eigenvalue weighted by Crippen LogP contribution is -2.61. The molecule has 7 aromatic rings. The van der Waals surface area contributed by atoms with E-state index >= 15 is 0 Å². The molecular weight excluding hydrogens is 796 g/mol. The normalized spacial score (nSPS) is 15.3. The van der Waals surface area contributed by atoms with Gasteiger partial charge in [-0.25, -0.2) is 0 Å². The lowest BCUT2D eigenvalue weighted by molar-refractivity contribution is 0.392. The number of anilines is 6. The molecule has 66 heavy (non-hydrogen) atoms. The maximum Gasteiger partial charge on any atom is 0.252 e. The average molecular weight is 865 g/mol. The van der Waals surface area contributed by atoms with E-state index in [1.54, 1.807) is 0 Å². The van der Waals surface area contributed by atoms with E-state index in [4.69, 9.17) is 0 Å². The Bertz CT molecular complexity index is 2960. The number of hydrogen-bond donors (Lipinski definition) is 0. The molecule has 0 saturated carbocycles. The van der Waals surface area contributed by atoms with E-state index in [2.05, 4.69) is 246 Å². The number of nitrogens with zero attached hydrogens (tertiary/aromatic N) is 2. The van der Waals surface area contributed by atoms with Crippen LogP contribution in [-0.2, 0) is 34.5 Å². The van der Waals surface area contributed by atoms with Crippen LogP contribution in [0.15, 0.2) is 140 Å². The third-order valence-corrected chi connectivity index (χ3v) is 14.8. The molecule has 0 fully saturated rings. The van der Waals surface area contributed by atoms with E-state index < -0.39 is 0 Å². The maximum absolute atomic E-state index is 2.74. The molecular formula is C63H69BN2. The van der Waals surface area contributed by atoms with Gasteiger partial charge in [-0.15, -0.1) is 0 Å². The monoisotopic (exact) mass is 865 g/mol. The Hall–Kier alpha value is -5.80. The fraction of sp³-hybridized carbons (Fsp3) is 0.333. The van der Waals surface area contributed by atoms with Crippen LogP contribution in [-0.4, -0.2) is 6.71 Å². The Kier molecular flexibility index (Phi) is 10.1. The molecule has 0 bridgehead atoms. The van der Waals surface area contributed by atoms with Gasteiger partial charge in [0, 0.05) is 39.6 Å². The minimum atomic E-state index is -0.131. The van der Waals surface area contributed by atoms with Gasteiger partial charge in [-0.3, -0.25) is 0 Å². The van der Waals surface area contributed by atoms with E-state index in [1.165, 1.54) is 106 Å². The summed E-state index contributed by atoms with van der Waals surface area (Å²) in [5.74, 6) is 0. The number of benzene rings is 7. The van der Waals surface area contributed by atoms with Gasteiger partial charge in [0.15, 0.2) is 0 Å². The molecule has 0 saturated heterocycles. The minimum absolute atomic E-state index is 0.0249. The van der Waals surface area contributed by atoms with Crippen LogP contribution in [0, 0.1) is 5.41 Å². The second-order valence-electron chi connectivity index (χ2n) is 24.7. The SMILES string of the molecule is CC1(C)Cc2cc3c(cc2C1)N(c1c(-c2ccccc2)cc(C(C)(C)C)cc1-c1ccccc1)c1cc(C(C)(C)C)cc2c1B3c1cc(C(C)(C)C)ccc1N2c1ccc(C(C)(C)C)cc1. The zero-order valence-corrected chi connectivity index (χ0v) is 42.2. The fourth-order valence-corrected chi connectivity index (χ4v) is 11.1. The Labute approximate surface area is 397 Å². The van der Waals surface area contributed by atoms with Crippen molar-refractivity contribution >= 4 is 57.2 Å². The smallest absolute Gasteiger partial charge is 0.252 e. The second-order valence-corrected chi connectivity index (χ2v) is 24.7. The van der Waals surface area contributed by atoms with Gasteiger partial charge in [0.1, 0.15) is 0 Å². The zero-order chi connectivity index (χ0) is 46.9. The topological polar surface area (TPSA) is 6.48 Å². The van der Waals surface area contributed by atoms with Crippen molar-refractivity contribution in [1.29, 1.82) is 0 Å². The van der Waals surface area contributed by atoms with Gasteiger partial charge in [-0.1, -0.05) is 188 Å². The maximum atomic E-state index is 2.74. The molecule has 0 spiro atoms. The minimum Gasteiger partial charge on any atom is -0.311 e. The summed E-state index contributed by atoms with van der Waals surface area (Å²) >= 11 is 0. The molecule has 0 unspecified atom stereocenters. The predicted molar refractivity (Wildman–Crippen MR) is 287 cm³/mol. The first-order valence-corrected chi connectivity index (χ1v) is 24.5. The summed E-state index contributed by atoms with van der Waals surface area (Å²) in [5.41, 5.74) is 25.0. The first kappa shape index (κ1) is 44.1. The van der Waals surface area contributed by atoms with Crippen molar-refractivity contribution in [3.8, 4) is 22.3 Å². The van der Waals surface area contributed by atoms with Gasteiger partial charge in [0.2, 0.25) is 0 Å². The molecule has 3 aliphatic rings. The first-order valence-electron chi connectivity index (χ1n) is 24.5. The summed E-state index contributed by atoms with van der Waals surface area (Å²) in [7, 11) is 0. The molecule has 1 aliphatic carbocycles. The van der Waals surface area contributed by atoms with Gasteiger partial charge < -0.3 is 9.80 Å². The van der Waals surface area contributed by atoms with Crippen molar-refractivity contribution in [1.82, 2.24) is 0 Å². The summed E-state index contributed by atoms with van der Waals surface area (Å²) in [6, 6.07) is 54.6. The van der Waals surface area contributed by atoms with Gasteiger partial charge >= 0.3 is 0 Å². The van der Waals surface area contributed by atoms with Crippen molar-refractivity contribution in [2.75, 3.05) is 9.80 Å². The van der Waals surface area contributed by atoms with Crippen LogP contribution in [0.1, 0.15) is 130 Å². The average Bonchev–Trinajstić information content (AvgIpc) is 3.57. The van der Waals surface area contributed by atoms with E-state index in [9.17, 15) is 0 Å². The highest BCUT2D eigenvalue weighted by Crippen LogP contribution is 2.53. The van der Waals surface area contributed by atoms with Crippen LogP contribution in [0.2, 0.25) is 0 Å². The summed E-state index contributed by atoms with van der Waals surface area (Å²) in [5, 5.41) is 0. The predicted octanol–water partition coefficient (Wildman–Crippen LogP) is 15.4. The third-order valence-electron chi connectivity index (χ3n) is 14.8. The van der Waals surface area contributed by atoms with Gasteiger partial charge in [-0.2, -0.15) is 0 Å². The molecule has 0 radical (unpaired) electrons. The quantitative estimate of drug-likeness (QED) is 0.163. The van der Waals surface area contributed by atoms with Crippen molar-refractivity contribution in [3.63, 3.8) is 0 Å². The van der Waals surface area contributed by atoms with Crippen LogP contribution in [0.25, 0.3) is 22.3 Å². The Morgan fingerprint density at radius 3 is 1.38 bits per heavy atom. The molecule has 2 aliphatic heterocycles. The van der Waals surface area contributed by atoms with Crippen molar-refractivity contribution < 1.29 is 0 Å². The van der Waals surface area contributed by atoms with Crippen LogP contribution in [0.4, 0.5) is 34.1 Å². The highest BCUT2D eigenvalue weighted by atomic mass is 15.2. The lowest BCUT2D eigenvalue weighted by Gasteiger charge is -2.46. The van der Waals surface area contributed by atoms with Crippen molar-refractivity contribution in [3.05, 3.63) is 173 Å². The molecule has 0 atom stereocenters. The van der Waals surface area contributed by atoms with E-state index in [-0.39, 0.29) is 33.8 Å². The largest absolute Gasteiger partial charge is 0.311 e. The molecule has 7 aromatic carbocycles. The Morgan fingerprint density at radius 1 is 0.409 bits per heavy atom. The summed E-state index contributed by atoms with van der Waals surface area (Å²) in [6.07, 6.45) is 2.15. The van der Waals surface area contributed by atoms with E-state index in [0.29, 0.717) is 0 Å². The lowest BCUT2D eigenvalue weighted by atomic mass is 9.33. The Morgan fingerprint density at radius 2 is 0.864 bits per heavy atom. The molecule has 2 nitrogen and oxygen atoms in total. The molecule has 334 valence electrons. The number of hydrogen-bond acceptors (Lipinski definition) is 2. The summed E-state index contributed by atoms with van der Waals surface area (Å²) in [4.78, 5) is 5.35. The van der Waals surface area contributed by atoms with Gasteiger partial charge in [0.05, 0.1) is 5.69 Å². The fourth-order valence-electron chi connectivity index (χ4n) is 11.1. The zero-order valence-electron chi connectivity index (χ0n) is 42.2.